The molecule has 1 amide bonds. The summed E-state index contributed by atoms with van der Waals surface area (Å²) >= 11 is 0. The Morgan fingerprint density at radius 2 is 2.06 bits per heavy atom. The number of para-hydroxylation sites is 1. The number of carbonyl (C=O) groups excluding carboxylic acids is 1. The highest BCUT2D eigenvalue weighted by molar-refractivity contribution is 6.01. The molecule has 2 heterocycles. The van der Waals surface area contributed by atoms with Gasteiger partial charge in [-0.15, -0.1) is 0 Å². The van der Waals surface area contributed by atoms with Gasteiger partial charge in [0.05, 0.1) is 11.1 Å². The Bertz CT molecular complexity index is 619. The number of amides is 1. The molecule has 5 heteroatoms. The van der Waals surface area contributed by atoms with Crippen molar-refractivity contribution in [2.24, 2.45) is 11.5 Å². The van der Waals surface area contributed by atoms with Crippen molar-refractivity contribution in [2.45, 2.75) is 6.04 Å². The van der Waals surface area contributed by atoms with Gasteiger partial charge in [0.1, 0.15) is 5.82 Å². The van der Waals surface area contributed by atoms with Gasteiger partial charge in [-0.2, -0.15) is 0 Å². The van der Waals surface area contributed by atoms with Crippen molar-refractivity contribution in [3.05, 3.63) is 35.9 Å². The van der Waals surface area contributed by atoms with Crippen LogP contribution in [-0.4, -0.2) is 30.0 Å². The van der Waals surface area contributed by atoms with E-state index in [2.05, 4.69) is 4.98 Å². The number of nitrogens with two attached hydrogens (primary N) is 2. The maximum absolute atomic E-state index is 11.5. The molecule has 1 aliphatic heterocycles. The molecule has 1 fully saturated rings. The van der Waals surface area contributed by atoms with Crippen molar-refractivity contribution in [3.8, 4) is 0 Å². The summed E-state index contributed by atoms with van der Waals surface area (Å²) in [6.07, 6.45) is 0. The minimum absolute atomic E-state index is 0.152. The predicted molar refractivity (Wildman–Crippen MR) is 70.4 cm³/mol. The summed E-state index contributed by atoms with van der Waals surface area (Å²) in [5.74, 6) is 0.187. The van der Waals surface area contributed by atoms with Crippen molar-refractivity contribution < 1.29 is 4.79 Å². The maximum atomic E-state index is 11.5. The van der Waals surface area contributed by atoms with E-state index in [1.54, 1.807) is 6.07 Å². The molecule has 18 heavy (non-hydrogen) atoms. The van der Waals surface area contributed by atoms with E-state index in [9.17, 15) is 4.79 Å². The van der Waals surface area contributed by atoms with Crippen LogP contribution < -0.4 is 16.4 Å². The second kappa shape index (κ2) is 3.96. The molecule has 1 saturated heterocycles. The van der Waals surface area contributed by atoms with Gasteiger partial charge in [0, 0.05) is 24.5 Å². The Labute approximate surface area is 104 Å². The summed E-state index contributed by atoms with van der Waals surface area (Å²) in [5.41, 5.74) is 12.5. The number of nitrogens with zero attached hydrogens (tertiary/aromatic N) is 2. The molecule has 0 saturated carbocycles. The van der Waals surface area contributed by atoms with Crippen molar-refractivity contribution in [3.63, 3.8) is 0 Å². The summed E-state index contributed by atoms with van der Waals surface area (Å²) in [5, 5.41) is 0.917. The molecule has 1 aromatic carbocycles. The van der Waals surface area contributed by atoms with Crippen LogP contribution in [-0.2, 0) is 0 Å². The summed E-state index contributed by atoms with van der Waals surface area (Å²) in [6, 6.07) is 9.62. The van der Waals surface area contributed by atoms with E-state index < -0.39 is 5.91 Å². The molecule has 0 spiro atoms. The standard InChI is InChI=1S/C13H14N4O/c14-9-6-17(7-9)13-10(12(15)18)5-8-3-1-2-4-11(8)16-13/h1-5,9H,6-7,14H2,(H2,15,18). The topological polar surface area (TPSA) is 85.2 Å². The fraction of sp³-hybridized carbons (Fsp3) is 0.231. The Balaban J connectivity index is 2.15. The zero-order chi connectivity index (χ0) is 12.7. The molecule has 4 N–H and O–H groups in total. The van der Waals surface area contributed by atoms with Crippen LogP contribution in [0.15, 0.2) is 30.3 Å². The SMILES string of the molecule is NC(=O)c1cc2ccccc2nc1N1CC(N)C1. The van der Waals surface area contributed by atoms with Gasteiger partial charge in [0.25, 0.3) is 5.91 Å². The lowest BCUT2D eigenvalue weighted by molar-refractivity contribution is 0.100. The molecule has 1 aliphatic rings. The van der Waals surface area contributed by atoms with Crippen LogP contribution in [0.3, 0.4) is 0 Å². The first-order valence-electron chi connectivity index (χ1n) is 5.85. The fourth-order valence-electron chi connectivity index (χ4n) is 2.21. The summed E-state index contributed by atoms with van der Waals surface area (Å²) in [7, 11) is 0. The molecule has 92 valence electrons. The Hall–Kier alpha value is -2.14. The maximum Gasteiger partial charge on any atom is 0.252 e. The summed E-state index contributed by atoms with van der Waals surface area (Å²) in [6.45, 7) is 1.43. The number of hydrogen-bond donors (Lipinski definition) is 2. The first-order valence-corrected chi connectivity index (χ1v) is 5.85. The normalized spacial score (nSPS) is 15.7. The van der Waals surface area contributed by atoms with E-state index in [1.807, 2.05) is 29.2 Å². The number of rotatable bonds is 2. The van der Waals surface area contributed by atoms with Crippen molar-refractivity contribution >= 4 is 22.6 Å². The number of carbonyl (C=O) groups is 1. The van der Waals surface area contributed by atoms with Crippen LogP contribution >= 0.6 is 0 Å². The second-order valence-corrected chi connectivity index (χ2v) is 4.58. The predicted octanol–water partition coefficient (Wildman–Crippen LogP) is 0.481. The van der Waals surface area contributed by atoms with Gasteiger partial charge in [0.2, 0.25) is 0 Å². The lowest BCUT2D eigenvalue weighted by Gasteiger charge is -2.38. The van der Waals surface area contributed by atoms with Crippen LogP contribution in [0.2, 0.25) is 0 Å². The molecule has 3 rings (SSSR count). The van der Waals surface area contributed by atoms with Crippen molar-refractivity contribution in [1.29, 1.82) is 0 Å². The Morgan fingerprint density at radius 3 is 2.72 bits per heavy atom. The zero-order valence-electron chi connectivity index (χ0n) is 9.84. The van der Waals surface area contributed by atoms with Crippen LogP contribution in [0, 0.1) is 0 Å². The lowest BCUT2D eigenvalue weighted by atomic mass is 10.1. The monoisotopic (exact) mass is 242 g/mol. The quantitative estimate of drug-likeness (QED) is 0.802. The molecule has 2 aromatic rings. The van der Waals surface area contributed by atoms with Gasteiger partial charge in [-0.05, 0) is 12.1 Å². The highest BCUT2D eigenvalue weighted by atomic mass is 16.1. The van der Waals surface area contributed by atoms with Crippen LogP contribution in [0.25, 0.3) is 10.9 Å². The number of aromatic nitrogens is 1. The van der Waals surface area contributed by atoms with Crippen LogP contribution in [0.4, 0.5) is 5.82 Å². The van der Waals surface area contributed by atoms with E-state index in [1.165, 1.54) is 0 Å². The van der Waals surface area contributed by atoms with Crippen molar-refractivity contribution in [2.75, 3.05) is 18.0 Å². The smallest absolute Gasteiger partial charge is 0.252 e. The van der Waals surface area contributed by atoms with Gasteiger partial charge in [-0.3, -0.25) is 4.79 Å². The molecule has 0 aliphatic carbocycles. The number of primary amides is 1. The largest absolute Gasteiger partial charge is 0.365 e. The van der Waals surface area contributed by atoms with Crippen LogP contribution in [0.5, 0.6) is 0 Å². The summed E-state index contributed by atoms with van der Waals surface area (Å²) < 4.78 is 0. The van der Waals surface area contributed by atoms with E-state index in [0.29, 0.717) is 24.5 Å². The van der Waals surface area contributed by atoms with Gasteiger partial charge in [-0.25, -0.2) is 4.98 Å². The zero-order valence-corrected chi connectivity index (χ0v) is 9.84. The average molecular weight is 242 g/mol. The average Bonchev–Trinajstić information content (AvgIpc) is 2.33. The lowest BCUT2D eigenvalue weighted by Crippen LogP contribution is -2.56. The van der Waals surface area contributed by atoms with E-state index in [0.717, 1.165) is 10.9 Å². The number of benzene rings is 1. The first-order chi connectivity index (χ1) is 8.65. The van der Waals surface area contributed by atoms with Crippen molar-refractivity contribution in [1.82, 2.24) is 4.98 Å². The third kappa shape index (κ3) is 1.69. The highest BCUT2D eigenvalue weighted by Gasteiger charge is 2.27. The van der Waals surface area contributed by atoms with E-state index >= 15 is 0 Å². The molecular formula is C13H14N4O. The number of hydrogen-bond acceptors (Lipinski definition) is 4. The first kappa shape index (κ1) is 11.0. The summed E-state index contributed by atoms with van der Waals surface area (Å²) in [4.78, 5) is 18.0. The molecule has 0 radical (unpaired) electrons. The molecule has 0 bridgehead atoms. The Kier molecular flexibility index (Phi) is 2.41. The number of pyridine rings is 1. The molecular weight excluding hydrogens is 228 g/mol. The molecule has 0 unspecified atom stereocenters. The molecule has 0 atom stereocenters. The van der Waals surface area contributed by atoms with Gasteiger partial charge in [0.15, 0.2) is 0 Å². The third-order valence-electron chi connectivity index (χ3n) is 3.18. The van der Waals surface area contributed by atoms with E-state index in [4.69, 9.17) is 11.5 Å². The van der Waals surface area contributed by atoms with Gasteiger partial charge < -0.3 is 16.4 Å². The Morgan fingerprint density at radius 1 is 1.33 bits per heavy atom. The van der Waals surface area contributed by atoms with E-state index in [-0.39, 0.29) is 6.04 Å². The second-order valence-electron chi connectivity index (χ2n) is 4.58. The third-order valence-corrected chi connectivity index (χ3v) is 3.18. The minimum atomic E-state index is -0.455. The van der Waals surface area contributed by atoms with Gasteiger partial charge >= 0.3 is 0 Å². The van der Waals surface area contributed by atoms with Gasteiger partial charge in [-0.1, -0.05) is 18.2 Å². The molecule has 1 aromatic heterocycles. The van der Waals surface area contributed by atoms with Crippen LogP contribution in [0.1, 0.15) is 10.4 Å². The highest BCUT2D eigenvalue weighted by Crippen LogP contribution is 2.26. The fourth-order valence-corrected chi connectivity index (χ4v) is 2.21. The molecule has 5 nitrogen and oxygen atoms in total. The number of fused-ring (bicyclic) bond motifs is 1. The number of anilines is 1. The minimum Gasteiger partial charge on any atom is -0.365 e.